The van der Waals surface area contributed by atoms with Crippen LogP contribution in [-0.2, 0) is 0 Å². The monoisotopic (exact) mass is 304 g/mol. The number of carbonyl (C=O) groups is 1. The number of hydrogen-bond acceptors (Lipinski definition) is 4. The van der Waals surface area contributed by atoms with E-state index < -0.39 is 0 Å². The Labute approximate surface area is 134 Å². The number of nitrogens with zero attached hydrogens (tertiary/aromatic N) is 2. The third-order valence-electron chi connectivity index (χ3n) is 3.39. The highest BCUT2D eigenvalue weighted by molar-refractivity contribution is 5.91. The first kappa shape index (κ1) is 14.9. The van der Waals surface area contributed by atoms with Crippen LogP contribution in [0.15, 0.2) is 60.9 Å². The second-order valence-corrected chi connectivity index (χ2v) is 5.36. The molecule has 0 aliphatic rings. The van der Waals surface area contributed by atoms with Crippen molar-refractivity contribution in [3.05, 3.63) is 77.6 Å². The van der Waals surface area contributed by atoms with E-state index in [0.29, 0.717) is 17.1 Å². The number of aromatic nitrogens is 2. The molecule has 0 N–H and O–H groups in total. The van der Waals surface area contributed by atoms with Gasteiger partial charge in [0.05, 0.1) is 5.56 Å². The molecule has 1 heterocycles. The van der Waals surface area contributed by atoms with Crippen LogP contribution in [0.1, 0.15) is 21.5 Å². The van der Waals surface area contributed by atoms with Gasteiger partial charge in [0.1, 0.15) is 5.75 Å². The number of hydrogen-bond donors (Lipinski definition) is 0. The first-order valence-electron chi connectivity index (χ1n) is 7.30. The zero-order chi connectivity index (χ0) is 16.2. The van der Waals surface area contributed by atoms with Crippen molar-refractivity contribution in [2.75, 3.05) is 0 Å². The molecule has 0 saturated heterocycles. The van der Waals surface area contributed by atoms with Gasteiger partial charge in [0.25, 0.3) is 0 Å². The van der Waals surface area contributed by atoms with Crippen molar-refractivity contribution >= 4 is 5.97 Å². The third kappa shape index (κ3) is 3.61. The van der Waals surface area contributed by atoms with Gasteiger partial charge in [-0.05, 0) is 55.8 Å². The van der Waals surface area contributed by atoms with Crippen molar-refractivity contribution in [3.8, 4) is 17.1 Å². The number of carbonyl (C=O) groups excluding carboxylic acids is 1. The lowest BCUT2D eigenvalue weighted by Gasteiger charge is -2.06. The van der Waals surface area contributed by atoms with Crippen molar-refractivity contribution in [2.45, 2.75) is 13.8 Å². The van der Waals surface area contributed by atoms with E-state index in [9.17, 15) is 4.79 Å². The van der Waals surface area contributed by atoms with E-state index >= 15 is 0 Å². The summed E-state index contributed by atoms with van der Waals surface area (Å²) < 4.78 is 5.37. The molecule has 0 radical (unpaired) electrons. The minimum absolute atomic E-state index is 0.371. The normalized spacial score (nSPS) is 10.3. The maximum atomic E-state index is 12.1. The molecule has 0 unspecified atom stereocenters. The molecule has 3 rings (SSSR count). The van der Waals surface area contributed by atoms with Gasteiger partial charge in [-0.2, -0.15) is 0 Å². The predicted molar refractivity (Wildman–Crippen MR) is 88.3 cm³/mol. The number of esters is 1. The van der Waals surface area contributed by atoms with Gasteiger partial charge in [0.15, 0.2) is 5.82 Å². The van der Waals surface area contributed by atoms with Gasteiger partial charge >= 0.3 is 5.97 Å². The number of ether oxygens (including phenoxy) is 1. The van der Waals surface area contributed by atoms with E-state index in [1.165, 1.54) is 0 Å². The molecule has 4 heteroatoms. The average Bonchev–Trinajstić information content (AvgIpc) is 2.57. The Morgan fingerprint density at radius 2 is 1.43 bits per heavy atom. The van der Waals surface area contributed by atoms with Gasteiger partial charge in [-0.3, -0.25) is 0 Å². The molecule has 0 aliphatic carbocycles. The first-order chi connectivity index (χ1) is 11.1. The van der Waals surface area contributed by atoms with E-state index in [1.54, 1.807) is 36.7 Å². The summed E-state index contributed by atoms with van der Waals surface area (Å²) in [4.78, 5) is 20.6. The summed E-state index contributed by atoms with van der Waals surface area (Å²) in [7, 11) is 0. The van der Waals surface area contributed by atoms with Crippen LogP contribution >= 0.6 is 0 Å². The molecular weight excluding hydrogens is 288 g/mol. The lowest BCUT2D eigenvalue weighted by molar-refractivity contribution is 0.0735. The SMILES string of the molecule is Cc1ccc(C(=O)Oc2ccc(-c3ncc(C)cn3)cc2)cc1. The molecule has 0 amide bonds. The van der Waals surface area contributed by atoms with E-state index in [4.69, 9.17) is 4.74 Å². The third-order valence-corrected chi connectivity index (χ3v) is 3.39. The molecule has 0 fully saturated rings. The van der Waals surface area contributed by atoms with Gasteiger partial charge in [-0.1, -0.05) is 17.7 Å². The summed E-state index contributed by atoms with van der Waals surface area (Å²) in [5, 5.41) is 0. The lowest BCUT2D eigenvalue weighted by Crippen LogP contribution is -2.08. The fourth-order valence-corrected chi connectivity index (χ4v) is 2.07. The molecule has 2 aromatic carbocycles. The second-order valence-electron chi connectivity index (χ2n) is 5.36. The zero-order valence-electron chi connectivity index (χ0n) is 13.0. The number of benzene rings is 2. The van der Waals surface area contributed by atoms with Crippen LogP contribution in [0, 0.1) is 13.8 Å². The van der Waals surface area contributed by atoms with Crippen LogP contribution in [0.3, 0.4) is 0 Å². The highest BCUT2D eigenvalue weighted by Gasteiger charge is 2.08. The van der Waals surface area contributed by atoms with Crippen LogP contribution in [0.25, 0.3) is 11.4 Å². The van der Waals surface area contributed by atoms with Gasteiger partial charge in [-0.15, -0.1) is 0 Å². The molecule has 3 aromatic rings. The standard InChI is InChI=1S/C19H16N2O2/c1-13-3-5-16(6-4-13)19(22)23-17-9-7-15(8-10-17)18-20-11-14(2)12-21-18/h3-12H,1-2H3. The van der Waals surface area contributed by atoms with Crippen LogP contribution < -0.4 is 4.74 Å². The molecule has 0 spiro atoms. The molecule has 0 saturated carbocycles. The maximum absolute atomic E-state index is 12.1. The molecular formula is C19H16N2O2. The fourth-order valence-electron chi connectivity index (χ4n) is 2.07. The molecule has 23 heavy (non-hydrogen) atoms. The number of rotatable bonds is 3. The molecule has 1 aromatic heterocycles. The number of aryl methyl sites for hydroxylation is 2. The molecule has 114 valence electrons. The quantitative estimate of drug-likeness (QED) is 0.542. The Balaban J connectivity index is 1.73. The Bertz CT molecular complexity index is 807. The van der Waals surface area contributed by atoms with E-state index in [-0.39, 0.29) is 5.97 Å². The Hall–Kier alpha value is -3.01. The van der Waals surface area contributed by atoms with Gasteiger partial charge < -0.3 is 4.74 Å². The molecule has 4 nitrogen and oxygen atoms in total. The van der Waals surface area contributed by atoms with Crippen LogP contribution in [0.2, 0.25) is 0 Å². The van der Waals surface area contributed by atoms with Crippen molar-refractivity contribution in [3.63, 3.8) is 0 Å². The summed E-state index contributed by atoms with van der Waals surface area (Å²) in [5.41, 5.74) is 3.52. The van der Waals surface area contributed by atoms with Crippen molar-refractivity contribution in [2.24, 2.45) is 0 Å². The van der Waals surface area contributed by atoms with Crippen LogP contribution in [0.5, 0.6) is 5.75 Å². The van der Waals surface area contributed by atoms with Crippen LogP contribution in [-0.4, -0.2) is 15.9 Å². The highest BCUT2D eigenvalue weighted by Crippen LogP contribution is 2.20. The largest absolute Gasteiger partial charge is 0.423 e. The van der Waals surface area contributed by atoms with E-state index in [0.717, 1.165) is 16.7 Å². The van der Waals surface area contributed by atoms with Crippen LogP contribution in [0.4, 0.5) is 0 Å². The average molecular weight is 304 g/mol. The topological polar surface area (TPSA) is 52.1 Å². The van der Waals surface area contributed by atoms with Gasteiger partial charge in [0, 0.05) is 18.0 Å². The van der Waals surface area contributed by atoms with Crippen molar-refractivity contribution in [1.29, 1.82) is 0 Å². The zero-order valence-corrected chi connectivity index (χ0v) is 13.0. The minimum atomic E-state index is -0.371. The summed E-state index contributed by atoms with van der Waals surface area (Å²) in [5.74, 6) is 0.766. The fraction of sp³-hybridized carbons (Fsp3) is 0.105. The van der Waals surface area contributed by atoms with E-state index in [1.807, 2.05) is 38.1 Å². The van der Waals surface area contributed by atoms with Gasteiger partial charge in [0.2, 0.25) is 0 Å². The summed E-state index contributed by atoms with van der Waals surface area (Å²) in [6.45, 7) is 3.92. The summed E-state index contributed by atoms with van der Waals surface area (Å²) >= 11 is 0. The Morgan fingerprint density at radius 1 is 0.826 bits per heavy atom. The summed E-state index contributed by atoms with van der Waals surface area (Å²) in [6.07, 6.45) is 3.54. The Kier molecular flexibility index (Phi) is 4.15. The first-order valence-corrected chi connectivity index (χ1v) is 7.30. The second kappa shape index (κ2) is 6.40. The molecule has 0 aliphatic heterocycles. The van der Waals surface area contributed by atoms with Crippen molar-refractivity contribution in [1.82, 2.24) is 9.97 Å². The van der Waals surface area contributed by atoms with E-state index in [2.05, 4.69) is 9.97 Å². The predicted octanol–water partition coefficient (Wildman–Crippen LogP) is 3.98. The minimum Gasteiger partial charge on any atom is -0.423 e. The molecule has 0 atom stereocenters. The van der Waals surface area contributed by atoms with Gasteiger partial charge in [-0.25, -0.2) is 14.8 Å². The molecule has 0 bridgehead atoms. The van der Waals surface area contributed by atoms with Crippen molar-refractivity contribution < 1.29 is 9.53 Å². The Morgan fingerprint density at radius 3 is 2.04 bits per heavy atom. The highest BCUT2D eigenvalue weighted by atomic mass is 16.5. The lowest BCUT2D eigenvalue weighted by atomic mass is 10.1. The maximum Gasteiger partial charge on any atom is 0.343 e. The smallest absolute Gasteiger partial charge is 0.343 e. The summed E-state index contributed by atoms with van der Waals surface area (Å²) in [6, 6.07) is 14.4.